The van der Waals surface area contributed by atoms with E-state index in [4.69, 9.17) is 5.73 Å². The van der Waals surface area contributed by atoms with Crippen LogP contribution in [0.4, 0.5) is 0 Å². The Morgan fingerprint density at radius 2 is 1.55 bits per heavy atom. The van der Waals surface area contributed by atoms with Gasteiger partial charge in [-0.05, 0) is 18.9 Å². The Hall–Kier alpha value is -0.0800. The molecule has 0 fully saturated rings. The normalized spacial score (nSPS) is 13.1. The molecule has 0 heterocycles. The van der Waals surface area contributed by atoms with Crippen LogP contribution < -0.4 is 11.1 Å². The maximum absolute atomic E-state index is 6.23. The van der Waals surface area contributed by atoms with Crippen molar-refractivity contribution in [2.75, 3.05) is 13.6 Å². The van der Waals surface area contributed by atoms with Crippen LogP contribution in [-0.4, -0.2) is 19.1 Å². The molecular formula is C9H22N2. The van der Waals surface area contributed by atoms with Gasteiger partial charge in [0.1, 0.15) is 0 Å². The van der Waals surface area contributed by atoms with Gasteiger partial charge < -0.3 is 11.1 Å². The van der Waals surface area contributed by atoms with Crippen LogP contribution in [0.5, 0.6) is 0 Å². The number of hydrogen-bond acceptors (Lipinski definition) is 2. The van der Waals surface area contributed by atoms with Crippen molar-refractivity contribution in [2.24, 2.45) is 17.6 Å². The number of nitrogens with one attached hydrogen (secondary N) is 1. The molecule has 0 unspecified atom stereocenters. The van der Waals surface area contributed by atoms with E-state index < -0.39 is 0 Å². The van der Waals surface area contributed by atoms with Crippen molar-refractivity contribution in [1.29, 1.82) is 0 Å². The lowest BCUT2D eigenvalue weighted by atomic mass is 9.78. The van der Waals surface area contributed by atoms with Crippen molar-refractivity contribution in [3.8, 4) is 0 Å². The Morgan fingerprint density at radius 3 is 1.64 bits per heavy atom. The summed E-state index contributed by atoms with van der Waals surface area (Å²) in [5.74, 6) is 1.05. The van der Waals surface area contributed by atoms with Crippen LogP contribution in [0.2, 0.25) is 0 Å². The summed E-state index contributed by atoms with van der Waals surface area (Å²) in [4.78, 5) is 0. The predicted octanol–water partition coefficient (Wildman–Crippen LogP) is 1.22. The fourth-order valence-electron chi connectivity index (χ4n) is 1.38. The van der Waals surface area contributed by atoms with Crippen LogP contribution >= 0.6 is 0 Å². The summed E-state index contributed by atoms with van der Waals surface area (Å²) in [6.07, 6.45) is 0. The first-order chi connectivity index (χ1) is 4.95. The predicted molar refractivity (Wildman–Crippen MR) is 50.5 cm³/mol. The minimum Gasteiger partial charge on any atom is -0.324 e. The molecule has 0 rings (SSSR count). The second-order valence-electron chi connectivity index (χ2n) is 3.95. The lowest BCUT2D eigenvalue weighted by molar-refractivity contribution is 0.220. The van der Waals surface area contributed by atoms with Crippen LogP contribution in [-0.2, 0) is 0 Å². The van der Waals surface area contributed by atoms with Gasteiger partial charge in [0.25, 0.3) is 0 Å². The maximum Gasteiger partial charge on any atom is 0.0327 e. The molecule has 0 aromatic heterocycles. The number of nitrogens with two attached hydrogens (primary N) is 1. The molecule has 11 heavy (non-hydrogen) atoms. The summed E-state index contributed by atoms with van der Waals surface area (Å²) in [7, 11) is 1.95. The summed E-state index contributed by atoms with van der Waals surface area (Å²) in [6.45, 7) is 9.60. The SMILES string of the molecule is CNCC(N)(C(C)C)C(C)C. The maximum atomic E-state index is 6.23. The molecule has 0 saturated carbocycles. The Balaban J connectivity index is 4.26. The average Bonchev–Trinajstić information content (AvgIpc) is 1.87. The molecule has 0 aliphatic rings. The third-order valence-electron chi connectivity index (χ3n) is 2.63. The molecule has 0 spiro atoms. The Morgan fingerprint density at radius 1 is 1.18 bits per heavy atom. The van der Waals surface area contributed by atoms with Crippen LogP contribution in [0.3, 0.4) is 0 Å². The van der Waals surface area contributed by atoms with Gasteiger partial charge in [-0.2, -0.15) is 0 Å². The highest BCUT2D eigenvalue weighted by Crippen LogP contribution is 2.22. The number of rotatable bonds is 4. The molecule has 0 radical (unpaired) electrons. The van der Waals surface area contributed by atoms with E-state index in [2.05, 4.69) is 33.0 Å². The van der Waals surface area contributed by atoms with E-state index in [0.29, 0.717) is 11.8 Å². The van der Waals surface area contributed by atoms with Gasteiger partial charge in [-0.1, -0.05) is 27.7 Å². The molecule has 2 nitrogen and oxygen atoms in total. The number of likely N-dealkylation sites (N-methyl/N-ethyl adjacent to an activating group) is 1. The monoisotopic (exact) mass is 158 g/mol. The first-order valence-corrected chi connectivity index (χ1v) is 4.38. The molecular weight excluding hydrogens is 136 g/mol. The minimum absolute atomic E-state index is 0.0608. The Labute approximate surface area is 70.5 Å². The molecule has 0 aliphatic carbocycles. The van der Waals surface area contributed by atoms with Gasteiger partial charge in [0.05, 0.1) is 0 Å². The topological polar surface area (TPSA) is 38.0 Å². The summed E-state index contributed by atoms with van der Waals surface area (Å²) >= 11 is 0. The smallest absolute Gasteiger partial charge is 0.0327 e. The quantitative estimate of drug-likeness (QED) is 0.645. The van der Waals surface area contributed by atoms with E-state index in [9.17, 15) is 0 Å². The first-order valence-electron chi connectivity index (χ1n) is 4.38. The van der Waals surface area contributed by atoms with E-state index in [0.717, 1.165) is 6.54 Å². The first kappa shape index (κ1) is 10.9. The number of hydrogen-bond donors (Lipinski definition) is 2. The van der Waals surface area contributed by atoms with Crippen LogP contribution in [0.1, 0.15) is 27.7 Å². The van der Waals surface area contributed by atoms with Gasteiger partial charge in [0.2, 0.25) is 0 Å². The highest BCUT2D eigenvalue weighted by atomic mass is 14.9. The highest BCUT2D eigenvalue weighted by Gasteiger charge is 2.31. The van der Waals surface area contributed by atoms with Crippen molar-refractivity contribution in [3.05, 3.63) is 0 Å². The second-order valence-corrected chi connectivity index (χ2v) is 3.95. The zero-order valence-electron chi connectivity index (χ0n) is 8.44. The standard InChI is InChI=1S/C9H22N2/c1-7(2)9(10,6-11-5)8(3)4/h7-8,11H,6,10H2,1-5H3. The van der Waals surface area contributed by atoms with Crippen molar-refractivity contribution in [1.82, 2.24) is 5.32 Å². The molecule has 68 valence electrons. The van der Waals surface area contributed by atoms with Crippen LogP contribution in [0.15, 0.2) is 0 Å². The van der Waals surface area contributed by atoms with Crippen molar-refractivity contribution >= 4 is 0 Å². The van der Waals surface area contributed by atoms with E-state index in [1.54, 1.807) is 0 Å². The summed E-state index contributed by atoms with van der Waals surface area (Å²) in [5, 5.41) is 3.15. The second kappa shape index (κ2) is 4.07. The molecule has 0 aromatic carbocycles. The van der Waals surface area contributed by atoms with E-state index in [-0.39, 0.29) is 5.54 Å². The lowest BCUT2D eigenvalue weighted by Crippen LogP contribution is -2.56. The van der Waals surface area contributed by atoms with Gasteiger partial charge in [-0.15, -0.1) is 0 Å². The fourth-order valence-corrected chi connectivity index (χ4v) is 1.38. The third kappa shape index (κ3) is 2.46. The molecule has 0 saturated heterocycles. The molecule has 0 aliphatic heterocycles. The minimum atomic E-state index is -0.0608. The van der Waals surface area contributed by atoms with Crippen molar-refractivity contribution in [3.63, 3.8) is 0 Å². The summed E-state index contributed by atoms with van der Waals surface area (Å²) in [6, 6.07) is 0. The molecule has 2 heteroatoms. The van der Waals surface area contributed by atoms with Crippen molar-refractivity contribution < 1.29 is 0 Å². The molecule has 0 bridgehead atoms. The van der Waals surface area contributed by atoms with Gasteiger partial charge >= 0.3 is 0 Å². The average molecular weight is 158 g/mol. The highest BCUT2D eigenvalue weighted by molar-refractivity contribution is 4.91. The Bertz CT molecular complexity index is 100. The van der Waals surface area contributed by atoms with Crippen molar-refractivity contribution in [2.45, 2.75) is 33.2 Å². The van der Waals surface area contributed by atoms with E-state index in [1.165, 1.54) is 0 Å². The van der Waals surface area contributed by atoms with Gasteiger partial charge in [0, 0.05) is 12.1 Å². The Kier molecular flexibility index (Phi) is 4.04. The third-order valence-corrected chi connectivity index (χ3v) is 2.63. The largest absolute Gasteiger partial charge is 0.324 e. The van der Waals surface area contributed by atoms with Gasteiger partial charge in [-0.25, -0.2) is 0 Å². The molecule has 0 aromatic rings. The summed E-state index contributed by atoms with van der Waals surface area (Å²) in [5.41, 5.74) is 6.17. The lowest BCUT2D eigenvalue weighted by Gasteiger charge is -2.37. The van der Waals surface area contributed by atoms with Gasteiger partial charge in [0.15, 0.2) is 0 Å². The van der Waals surface area contributed by atoms with Gasteiger partial charge in [-0.3, -0.25) is 0 Å². The molecule has 3 N–H and O–H groups in total. The zero-order chi connectivity index (χ0) is 9.07. The van der Waals surface area contributed by atoms with Crippen LogP contribution in [0.25, 0.3) is 0 Å². The summed E-state index contributed by atoms with van der Waals surface area (Å²) < 4.78 is 0. The molecule has 0 atom stereocenters. The molecule has 0 amide bonds. The van der Waals surface area contributed by atoms with E-state index >= 15 is 0 Å². The van der Waals surface area contributed by atoms with Crippen LogP contribution in [0, 0.1) is 11.8 Å². The fraction of sp³-hybridized carbons (Fsp3) is 1.00. The zero-order valence-corrected chi connectivity index (χ0v) is 8.44. The van der Waals surface area contributed by atoms with E-state index in [1.807, 2.05) is 7.05 Å².